The number of carbonyl (C=O) groups is 1. The highest BCUT2D eigenvalue weighted by Crippen LogP contribution is 2.23. The third-order valence-corrected chi connectivity index (χ3v) is 7.21. The number of sulfonamides is 1. The van der Waals surface area contributed by atoms with Gasteiger partial charge in [-0.05, 0) is 48.2 Å². The van der Waals surface area contributed by atoms with Crippen molar-refractivity contribution in [1.29, 1.82) is 0 Å². The van der Waals surface area contributed by atoms with E-state index in [1.807, 2.05) is 12.1 Å². The van der Waals surface area contributed by atoms with E-state index in [1.165, 1.54) is 22.5 Å². The van der Waals surface area contributed by atoms with Crippen LogP contribution in [0.5, 0.6) is 0 Å². The average Bonchev–Trinajstić information content (AvgIpc) is 2.72. The predicted octanol–water partition coefficient (Wildman–Crippen LogP) is 3.49. The number of hydrogen-bond acceptors (Lipinski definition) is 3. The van der Waals surface area contributed by atoms with Crippen LogP contribution in [0.15, 0.2) is 53.4 Å². The van der Waals surface area contributed by atoms with Gasteiger partial charge in [0.15, 0.2) is 0 Å². The lowest BCUT2D eigenvalue weighted by Gasteiger charge is -2.34. The van der Waals surface area contributed by atoms with Crippen LogP contribution in [0.1, 0.15) is 42.1 Å². The van der Waals surface area contributed by atoms with E-state index in [1.54, 1.807) is 23.1 Å². The summed E-state index contributed by atoms with van der Waals surface area (Å²) in [6, 6.07) is 12.6. The molecule has 0 aromatic heterocycles. The minimum atomic E-state index is -3.60. The quantitative estimate of drug-likeness (QED) is 0.767. The van der Waals surface area contributed by atoms with Crippen LogP contribution in [-0.2, 0) is 10.0 Å². The first-order valence-electron chi connectivity index (χ1n) is 9.48. The topological polar surface area (TPSA) is 57.7 Å². The Bertz CT molecular complexity index is 936. The molecule has 1 atom stereocenters. The molecule has 3 rings (SSSR count). The van der Waals surface area contributed by atoms with Crippen LogP contribution in [0.25, 0.3) is 0 Å². The van der Waals surface area contributed by atoms with E-state index >= 15 is 0 Å². The predicted molar refractivity (Wildman–Crippen MR) is 106 cm³/mol. The lowest BCUT2D eigenvalue weighted by molar-refractivity contribution is 0.0697. The molecule has 5 nitrogen and oxygen atoms in total. The van der Waals surface area contributed by atoms with Crippen LogP contribution in [0.2, 0.25) is 0 Å². The fourth-order valence-electron chi connectivity index (χ4n) is 3.29. The number of benzene rings is 2. The van der Waals surface area contributed by atoms with E-state index in [0.717, 1.165) is 12.0 Å². The number of amides is 1. The number of hydrogen-bond donors (Lipinski definition) is 0. The molecule has 2 aromatic rings. The lowest BCUT2D eigenvalue weighted by Crippen LogP contribution is -2.50. The molecule has 0 spiro atoms. The number of carbonyl (C=O) groups excluding carboxylic acids is 1. The lowest BCUT2D eigenvalue weighted by atomic mass is 9.99. The van der Waals surface area contributed by atoms with Gasteiger partial charge in [0.25, 0.3) is 5.91 Å². The standard InChI is InChI=1S/C21H25FN2O3S/c1-3-16(2)17-7-9-20(10-8-17)28(26,27)24-13-11-23(12-14-24)21(25)18-5-4-6-19(22)15-18/h4-10,15-16H,3,11-14H2,1-2H3/t16-/m1/s1. The Morgan fingerprint density at radius 3 is 2.29 bits per heavy atom. The SMILES string of the molecule is CC[C@@H](C)c1ccc(S(=O)(=O)N2CCN(C(=O)c3cccc(F)c3)CC2)cc1. The van der Waals surface area contributed by atoms with Gasteiger partial charge in [0, 0.05) is 31.7 Å². The van der Waals surface area contributed by atoms with Gasteiger partial charge in [-0.1, -0.05) is 32.0 Å². The van der Waals surface area contributed by atoms with Crippen molar-refractivity contribution in [2.45, 2.75) is 31.1 Å². The van der Waals surface area contributed by atoms with Crippen molar-refractivity contribution in [2.24, 2.45) is 0 Å². The van der Waals surface area contributed by atoms with E-state index in [4.69, 9.17) is 0 Å². The Kier molecular flexibility index (Phi) is 6.15. The molecule has 0 bridgehead atoms. The molecule has 7 heteroatoms. The second-order valence-electron chi connectivity index (χ2n) is 7.08. The molecule has 2 aromatic carbocycles. The highest BCUT2D eigenvalue weighted by Gasteiger charge is 2.30. The normalized spacial score (nSPS) is 16.8. The Hall–Kier alpha value is -2.25. The van der Waals surface area contributed by atoms with Gasteiger partial charge in [-0.3, -0.25) is 4.79 Å². The number of nitrogens with zero attached hydrogens (tertiary/aromatic N) is 2. The number of piperazine rings is 1. The first kappa shape index (κ1) is 20.5. The van der Waals surface area contributed by atoms with Crippen LogP contribution in [0.3, 0.4) is 0 Å². The van der Waals surface area contributed by atoms with Crippen molar-refractivity contribution in [3.63, 3.8) is 0 Å². The Morgan fingerprint density at radius 1 is 1.07 bits per heavy atom. The summed E-state index contributed by atoms with van der Waals surface area (Å²) in [5.74, 6) is -0.364. The maximum absolute atomic E-state index is 13.3. The molecule has 1 heterocycles. The maximum Gasteiger partial charge on any atom is 0.254 e. The van der Waals surface area contributed by atoms with Gasteiger partial charge in [-0.25, -0.2) is 12.8 Å². The molecule has 1 aliphatic rings. The van der Waals surface area contributed by atoms with Gasteiger partial charge < -0.3 is 4.90 Å². The molecule has 0 saturated carbocycles. The average molecular weight is 405 g/mol. The zero-order valence-corrected chi connectivity index (χ0v) is 17.0. The second-order valence-corrected chi connectivity index (χ2v) is 9.02. The Labute approximate surface area is 165 Å². The summed E-state index contributed by atoms with van der Waals surface area (Å²) >= 11 is 0. The molecule has 0 aliphatic carbocycles. The highest BCUT2D eigenvalue weighted by atomic mass is 32.2. The molecule has 1 saturated heterocycles. The first-order chi connectivity index (χ1) is 13.3. The second kappa shape index (κ2) is 8.41. The van der Waals surface area contributed by atoms with Crippen molar-refractivity contribution in [3.8, 4) is 0 Å². The summed E-state index contributed by atoms with van der Waals surface area (Å²) in [5, 5.41) is 0. The fourth-order valence-corrected chi connectivity index (χ4v) is 4.71. The summed E-state index contributed by atoms with van der Waals surface area (Å²) < 4.78 is 40.6. The molecule has 150 valence electrons. The van der Waals surface area contributed by atoms with Gasteiger partial charge in [0.05, 0.1) is 4.90 Å². The zero-order valence-electron chi connectivity index (χ0n) is 16.1. The van der Waals surface area contributed by atoms with E-state index < -0.39 is 15.8 Å². The third-order valence-electron chi connectivity index (χ3n) is 5.30. The van der Waals surface area contributed by atoms with Crippen LogP contribution < -0.4 is 0 Å². The monoisotopic (exact) mass is 404 g/mol. The smallest absolute Gasteiger partial charge is 0.254 e. The molecule has 1 amide bonds. The Morgan fingerprint density at radius 2 is 1.71 bits per heavy atom. The van der Waals surface area contributed by atoms with Crippen LogP contribution >= 0.6 is 0 Å². The minimum absolute atomic E-state index is 0.219. The van der Waals surface area contributed by atoms with Crippen molar-refractivity contribution in [1.82, 2.24) is 9.21 Å². The summed E-state index contributed by atoms with van der Waals surface area (Å²) in [4.78, 5) is 14.3. The summed E-state index contributed by atoms with van der Waals surface area (Å²) in [5.41, 5.74) is 1.39. The van der Waals surface area contributed by atoms with E-state index in [9.17, 15) is 17.6 Å². The molecule has 1 aliphatic heterocycles. The van der Waals surface area contributed by atoms with Crippen molar-refractivity contribution >= 4 is 15.9 Å². The summed E-state index contributed by atoms with van der Waals surface area (Å²) in [6.45, 7) is 5.20. The third kappa shape index (κ3) is 4.25. The summed E-state index contributed by atoms with van der Waals surface area (Å²) in [6.07, 6.45) is 0.993. The van der Waals surface area contributed by atoms with E-state index in [-0.39, 0.29) is 42.5 Å². The van der Waals surface area contributed by atoms with E-state index in [0.29, 0.717) is 5.92 Å². The number of halogens is 1. The molecular formula is C21H25FN2O3S. The molecule has 0 unspecified atom stereocenters. The number of rotatable bonds is 5. The van der Waals surface area contributed by atoms with Crippen molar-refractivity contribution < 1.29 is 17.6 Å². The fraction of sp³-hybridized carbons (Fsp3) is 0.381. The molecule has 1 fully saturated rings. The van der Waals surface area contributed by atoms with Crippen LogP contribution in [-0.4, -0.2) is 49.7 Å². The van der Waals surface area contributed by atoms with Gasteiger partial charge >= 0.3 is 0 Å². The van der Waals surface area contributed by atoms with Crippen LogP contribution in [0.4, 0.5) is 4.39 Å². The van der Waals surface area contributed by atoms with E-state index in [2.05, 4.69) is 13.8 Å². The zero-order chi connectivity index (χ0) is 20.3. The maximum atomic E-state index is 13.3. The van der Waals surface area contributed by atoms with Crippen LogP contribution in [0, 0.1) is 5.82 Å². The first-order valence-corrected chi connectivity index (χ1v) is 10.9. The largest absolute Gasteiger partial charge is 0.336 e. The minimum Gasteiger partial charge on any atom is -0.336 e. The van der Waals surface area contributed by atoms with Gasteiger partial charge in [0.1, 0.15) is 5.82 Å². The van der Waals surface area contributed by atoms with Crippen molar-refractivity contribution in [3.05, 3.63) is 65.5 Å². The molecule has 0 N–H and O–H groups in total. The van der Waals surface area contributed by atoms with Crippen molar-refractivity contribution in [2.75, 3.05) is 26.2 Å². The van der Waals surface area contributed by atoms with Gasteiger partial charge in [-0.2, -0.15) is 4.31 Å². The molecular weight excluding hydrogens is 379 g/mol. The Balaban J connectivity index is 1.67. The summed E-state index contributed by atoms with van der Waals surface area (Å²) in [7, 11) is -3.60. The molecule has 0 radical (unpaired) electrons. The molecule has 28 heavy (non-hydrogen) atoms. The van der Waals surface area contributed by atoms with Gasteiger partial charge in [-0.15, -0.1) is 0 Å². The highest BCUT2D eigenvalue weighted by molar-refractivity contribution is 7.89. The van der Waals surface area contributed by atoms with Gasteiger partial charge in [0.2, 0.25) is 10.0 Å².